The lowest BCUT2D eigenvalue weighted by atomic mass is 10.1. The van der Waals surface area contributed by atoms with E-state index < -0.39 is 97.5 Å². The Morgan fingerprint density at radius 2 is 0.563 bits per heavy atom. The summed E-state index contributed by atoms with van der Waals surface area (Å²) in [6.07, 6.45) is 28.4. The lowest BCUT2D eigenvalue weighted by Crippen LogP contribution is -2.30. The van der Waals surface area contributed by atoms with Crippen LogP contribution in [0, 0.1) is 0 Å². The quantitative estimate of drug-likeness (QED) is 0.0222. The van der Waals surface area contributed by atoms with Crippen molar-refractivity contribution in [1.82, 2.24) is 0 Å². The molecule has 0 aliphatic heterocycles. The van der Waals surface area contributed by atoms with Crippen molar-refractivity contribution in [1.29, 1.82) is 0 Å². The predicted octanol–water partition coefficient (Wildman–Crippen LogP) is 13.3. The molecule has 0 aliphatic rings. The van der Waals surface area contributed by atoms with Crippen LogP contribution in [0.1, 0.15) is 252 Å². The van der Waals surface area contributed by atoms with Crippen LogP contribution in [-0.4, -0.2) is 96.7 Å². The van der Waals surface area contributed by atoms with Crippen molar-refractivity contribution in [3.05, 3.63) is 0 Å². The fraction of sp³-hybridized carbons (Fsp3) is 0.923. The summed E-state index contributed by atoms with van der Waals surface area (Å²) in [6, 6.07) is 0. The van der Waals surface area contributed by atoms with E-state index in [0.717, 1.165) is 116 Å². The lowest BCUT2D eigenvalue weighted by Gasteiger charge is -2.21. The Labute approximate surface area is 428 Å². The Balaban J connectivity index is 5.16. The van der Waals surface area contributed by atoms with Crippen molar-refractivity contribution in [2.45, 2.75) is 271 Å². The molecular weight excluding hydrogens is 959 g/mol. The first-order chi connectivity index (χ1) is 34.2. The highest BCUT2D eigenvalue weighted by Crippen LogP contribution is 2.45. The first-order valence-corrected chi connectivity index (χ1v) is 30.8. The van der Waals surface area contributed by atoms with Crippen LogP contribution in [0.15, 0.2) is 0 Å². The Morgan fingerprint density at radius 1 is 0.338 bits per heavy atom. The Hall–Kier alpha value is -1.94. The van der Waals surface area contributed by atoms with Crippen molar-refractivity contribution in [2.24, 2.45) is 0 Å². The number of carbonyl (C=O) groups is 4. The summed E-state index contributed by atoms with van der Waals surface area (Å²) in [5, 5.41) is 10.4. The topological polar surface area (TPSA) is 237 Å². The van der Waals surface area contributed by atoms with Gasteiger partial charge < -0.3 is 33.8 Å². The number of ether oxygens (including phenoxy) is 4. The first kappa shape index (κ1) is 69.1. The molecule has 0 rings (SSSR count). The number of esters is 4. The van der Waals surface area contributed by atoms with Crippen LogP contribution in [-0.2, 0) is 65.4 Å². The second-order valence-electron chi connectivity index (χ2n) is 18.9. The number of aliphatic hydroxyl groups is 1. The number of hydrogen-bond acceptors (Lipinski definition) is 15. The Bertz CT molecular complexity index is 1400. The molecule has 19 heteroatoms. The summed E-state index contributed by atoms with van der Waals surface area (Å²) in [7, 11) is -9.84. The fourth-order valence-corrected chi connectivity index (χ4v) is 9.09. The van der Waals surface area contributed by atoms with Gasteiger partial charge in [0.25, 0.3) is 0 Å². The minimum absolute atomic E-state index is 0.102. The second kappa shape index (κ2) is 47.8. The zero-order valence-corrected chi connectivity index (χ0v) is 46.5. The molecule has 0 saturated carbocycles. The van der Waals surface area contributed by atoms with Gasteiger partial charge in [-0.25, -0.2) is 9.13 Å². The van der Waals surface area contributed by atoms with Crippen LogP contribution in [0.5, 0.6) is 0 Å². The maximum Gasteiger partial charge on any atom is 0.472 e. The minimum atomic E-state index is -4.92. The molecular formula is C52H100O17P2. The summed E-state index contributed by atoms with van der Waals surface area (Å²) in [5.74, 6) is -2.16. The van der Waals surface area contributed by atoms with E-state index in [9.17, 15) is 43.2 Å². The van der Waals surface area contributed by atoms with Crippen LogP contribution in [0.25, 0.3) is 0 Å². The van der Waals surface area contributed by atoms with E-state index in [2.05, 4.69) is 27.7 Å². The molecule has 2 unspecified atom stereocenters. The van der Waals surface area contributed by atoms with Gasteiger partial charge in [0.1, 0.15) is 19.3 Å². The number of carbonyl (C=O) groups excluding carboxylic acids is 4. The number of hydrogen-bond donors (Lipinski definition) is 3. The third kappa shape index (κ3) is 47.5. The minimum Gasteiger partial charge on any atom is -0.462 e. The molecule has 0 aliphatic carbocycles. The summed E-state index contributed by atoms with van der Waals surface area (Å²) in [6.45, 7) is 4.66. The summed E-state index contributed by atoms with van der Waals surface area (Å²) < 4.78 is 67.1. The average Bonchev–Trinajstić information content (AvgIpc) is 3.34. The molecule has 0 aromatic carbocycles. The number of phosphoric acid groups is 2. The third-order valence-electron chi connectivity index (χ3n) is 11.9. The van der Waals surface area contributed by atoms with Gasteiger partial charge in [-0.2, -0.15) is 0 Å². The number of unbranched alkanes of at least 4 members (excludes halogenated alkanes) is 27. The van der Waals surface area contributed by atoms with Gasteiger partial charge in [-0.3, -0.25) is 37.3 Å². The molecule has 71 heavy (non-hydrogen) atoms. The van der Waals surface area contributed by atoms with Crippen molar-refractivity contribution < 1.29 is 80.2 Å². The predicted molar refractivity (Wildman–Crippen MR) is 275 cm³/mol. The van der Waals surface area contributed by atoms with Gasteiger partial charge in [0, 0.05) is 25.7 Å². The van der Waals surface area contributed by atoms with Crippen LogP contribution in [0.2, 0.25) is 0 Å². The standard InChI is InChI=1S/C52H100O17P2/c1-5-9-13-17-21-23-24-27-31-35-39-52(57)69-48(43-62-49(54)36-32-29-25-19-15-11-7-3)45-67-71(60,61)65-41-46(53)40-64-70(58,59)66-44-47(68-51(56)38-34-28-20-16-12-8-4)42-63-50(55)37-33-30-26-22-18-14-10-6-2/h46-48,53H,5-45H2,1-4H3,(H,58,59)(H,60,61)/t46-,47-,48-/m1/s1. The van der Waals surface area contributed by atoms with Gasteiger partial charge in [0.2, 0.25) is 0 Å². The molecule has 420 valence electrons. The molecule has 0 heterocycles. The fourth-order valence-electron chi connectivity index (χ4n) is 7.51. The molecule has 0 saturated heterocycles. The highest BCUT2D eigenvalue weighted by atomic mass is 31.2. The van der Waals surface area contributed by atoms with E-state index in [1.807, 2.05) is 0 Å². The van der Waals surface area contributed by atoms with Crippen LogP contribution in [0.3, 0.4) is 0 Å². The maximum atomic E-state index is 12.8. The first-order valence-electron chi connectivity index (χ1n) is 27.8. The van der Waals surface area contributed by atoms with Crippen molar-refractivity contribution in [3.63, 3.8) is 0 Å². The highest BCUT2D eigenvalue weighted by Gasteiger charge is 2.30. The van der Waals surface area contributed by atoms with E-state index in [1.165, 1.54) is 57.8 Å². The molecule has 3 N–H and O–H groups in total. The highest BCUT2D eigenvalue weighted by molar-refractivity contribution is 7.47. The van der Waals surface area contributed by atoms with E-state index in [-0.39, 0.29) is 25.7 Å². The third-order valence-corrected chi connectivity index (χ3v) is 13.8. The van der Waals surface area contributed by atoms with Crippen LogP contribution in [0.4, 0.5) is 0 Å². The molecule has 0 aromatic rings. The molecule has 0 radical (unpaired) electrons. The molecule has 17 nitrogen and oxygen atoms in total. The maximum absolute atomic E-state index is 12.8. The number of aliphatic hydroxyl groups excluding tert-OH is 1. The van der Waals surface area contributed by atoms with Gasteiger partial charge in [0.15, 0.2) is 12.2 Å². The molecule has 0 fully saturated rings. The van der Waals surface area contributed by atoms with Gasteiger partial charge >= 0.3 is 39.5 Å². The SMILES string of the molecule is CCCCCCCCCCCCC(=O)O[C@H](COC(=O)CCCCCCCCC)COP(=O)(O)OC[C@H](O)COP(=O)(O)OC[C@@H](COC(=O)CCCCCCCCCC)OC(=O)CCCCCCCC. The van der Waals surface area contributed by atoms with Crippen LogP contribution >= 0.6 is 15.6 Å². The van der Waals surface area contributed by atoms with Gasteiger partial charge in [-0.05, 0) is 25.7 Å². The number of rotatable bonds is 53. The smallest absolute Gasteiger partial charge is 0.462 e. The van der Waals surface area contributed by atoms with E-state index in [1.54, 1.807) is 0 Å². The molecule has 0 aromatic heterocycles. The van der Waals surface area contributed by atoms with Gasteiger partial charge in [-0.1, -0.05) is 201 Å². The summed E-state index contributed by atoms with van der Waals surface area (Å²) in [4.78, 5) is 71.2. The van der Waals surface area contributed by atoms with E-state index in [0.29, 0.717) is 25.7 Å². The van der Waals surface area contributed by atoms with Gasteiger partial charge in [-0.15, -0.1) is 0 Å². The molecule has 5 atom stereocenters. The zero-order valence-electron chi connectivity index (χ0n) is 44.7. The van der Waals surface area contributed by atoms with Crippen LogP contribution < -0.4 is 0 Å². The Kier molecular flexibility index (Phi) is 46.4. The normalized spacial score (nSPS) is 14.5. The zero-order chi connectivity index (χ0) is 52.7. The number of phosphoric ester groups is 2. The Morgan fingerprint density at radius 3 is 0.831 bits per heavy atom. The van der Waals surface area contributed by atoms with Crippen molar-refractivity contribution in [3.8, 4) is 0 Å². The molecule has 0 spiro atoms. The summed E-state index contributed by atoms with van der Waals surface area (Å²) in [5.41, 5.74) is 0. The van der Waals surface area contributed by atoms with E-state index >= 15 is 0 Å². The second-order valence-corrected chi connectivity index (χ2v) is 21.8. The molecule has 0 amide bonds. The largest absolute Gasteiger partial charge is 0.472 e. The van der Waals surface area contributed by atoms with E-state index in [4.69, 9.17) is 37.0 Å². The van der Waals surface area contributed by atoms with Crippen molar-refractivity contribution >= 4 is 39.5 Å². The average molecular weight is 1060 g/mol. The van der Waals surface area contributed by atoms with Gasteiger partial charge in [0.05, 0.1) is 26.4 Å². The van der Waals surface area contributed by atoms with Crippen molar-refractivity contribution in [2.75, 3.05) is 39.6 Å². The summed E-state index contributed by atoms with van der Waals surface area (Å²) >= 11 is 0. The molecule has 0 bridgehead atoms. The lowest BCUT2D eigenvalue weighted by molar-refractivity contribution is -0.161. The monoisotopic (exact) mass is 1060 g/mol.